The average Bonchev–Trinajstić information content (AvgIpc) is 2.86. The van der Waals surface area contributed by atoms with Crippen LogP contribution in [-0.2, 0) is 6.42 Å². The van der Waals surface area contributed by atoms with Crippen molar-refractivity contribution in [3.8, 4) is 0 Å². The monoisotopic (exact) mass is 219 g/mol. The van der Waals surface area contributed by atoms with Gasteiger partial charge >= 0.3 is 0 Å². The third kappa shape index (κ3) is 1.86. The van der Waals surface area contributed by atoms with E-state index < -0.39 is 0 Å². The molecule has 1 aliphatic heterocycles. The minimum absolute atomic E-state index is 0.738. The van der Waals surface area contributed by atoms with E-state index in [1.807, 2.05) is 28.9 Å². The van der Waals surface area contributed by atoms with Crippen molar-refractivity contribution in [2.75, 3.05) is 5.75 Å². The maximum absolute atomic E-state index is 4.51. The fourth-order valence-electron chi connectivity index (χ4n) is 1.97. The van der Waals surface area contributed by atoms with Gasteiger partial charge in [0.1, 0.15) is 0 Å². The summed E-state index contributed by atoms with van der Waals surface area (Å²) in [4.78, 5) is 4.51. The van der Waals surface area contributed by atoms with Crippen LogP contribution in [0.25, 0.3) is 5.65 Å². The van der Waals surface area contributed by atoms with Crippen LogP contribution in [0.4, 0.5) is 0 Å². The number of fused-ring (bicyclic) bond motifs is 1. The second-order valence-electron chi connectivity index (χ2n) is 3.87. The molecule has 0 radical (unpaired) electrons. The second kappa shape index (κ2) is 3.85. The molecule has 1 aliphatic rings. The van der Waals surface area contributed by atoms with Gasteiger partial charge in [0.2, 0.25) is 0 Å². The summed E-state index contributed by atoms with van der Waals surface area (Å²) in [5.74, 6) is 2.29. The Balaban J connectivity index is 1.84. The van der Waals surface area contributed by atoms with Crippen LogP contribution in [-0.4, -0.2) is 25.6 Å². The zero-order valence-electron chi connectivity index (χ0n) is 8.47. The van der Waals surface area contributed by atoms with Crippen LogP contribution in [0, 0.1) is 0 Å². The Labute approximate surface area is 92.9 Å². The van der Waals surface area contributed by atoms with E-state index in [4.69, 9.17) is 0 Å². The van der Waals surface area contributed by atoms with Crippen LogP contribution >= 0.6 is 11.8 Å². The molecule has 1 fully saturated rings. The Hall–Kier alpha value is -1.03. The Kier molecular flexibility index (Phi) is 2.37. The molecule has 0 aliphatic carbocycles. The summed E-state index contributed by atoms with van der Waals surface area (Å²) in [5, 5.41) is 5.21. The first-order valence-corrected chi connectivity index (χ1v) is 6.38. The number of hydrogen-bond acceptors (Lipinski definition) is 3. The van der Waals surface area contributed by atoms with E-state index in [1.54, 1.807) is 0 Å². The number of thioether (sulfide) groups is 1. The lowest BCUT2D eigenvalue weighted by Gasteiger charge is -2.02. The predicted molar refractivity (Wildman–Crippen MR) is 62.2 cm³/mol. The highest BCUT2D eigenvalue weighted by Crippen LogP contribution is 2.28. The molecule has 2 aromatic rings. The molecule has 2 aromatic heterocycles. The SMILES string of the molecule is c1ccn2nc(CC3CCCS3)nc2c1. The Morgan fingerprint density at radius 1 is 1.47 bits per heavy atom. The molecule has 78 valence electrons. The quantitative estimate of drug-likeness (QED) is 0.775. The van der Waals surface area contributed by atoms with E-state index in [2.05, 4.69) is 21.8 Å². The summed E-state index contributed by atoms with van der Waals surface area (Å²) >= 11 is 2.06. The van der Waals surface area contributed by atoms with Gasteiger partial charge in [0.25, 0.3) is 0 Å². The minimum atomic E-state index is 0.738. The van der Waals surface area contributed by atoms with Crippen molar-refractivity contribution in [2.45, 2.75) is 24.5 Å². The van der Waals surface area contributed by atoms with Crippen molar-refractivity contribution >= 4 is 17.4 Å². The lowest BCUT2D eigenvalue weighted by atomic mass is 10.2. The van der Waals surface area contributed by atoms with Crippen molar-refractivity contribution in [2.24, 2.45) is 0 Å². The minimum Gasteiger partial charge on any atom is -0.221 e. The largest absolute Gasteiger partial charge is 0.221 e. The summed E-state index contributed by atoms with van der Waals surface area (Å²) in [6.45, 7) is 0. The van der Waals surface area contributed by atoms with Gasteiger partial charge in [0, 0.05) is 17.9 Å². The van der Waals surface area contributed by atoms with Crippen LogP contribution in [0.3, 0.4) is 0 Å². The smallest absolute Gasteiger partial charge is 0.155 e. The topological polar surface area (TPSA) is 30.2 Å². The molecule has 3 nitrogen and oxygen atoms in total. The van der Waals surface area contributed by atoms with Gasteiger partial charge in [-0.05, 0) is 30.7 Å². The molecular formula is C11H13N3S. The zero-order valence-corrected chi connectivity index (χ0v) is 9.28. The number of rotatable bonds is 2. The predicted octanol–water partition coefficient (Wildman–Crippen LogP) is 2.17. The molecule has 0 spiro atoms. The normalized spacial score (nSPS) is 21.2. The molecule has 0 N–H and O–H groups in total. The lowest BCUT2D eigenvalue weighted by Crippen LogP contribution is -2.03. The highest BCUT2D eigenvalue weighted by molar-refractivity contribution is 8.00. The van der Waals surface area contributed by atoms with E-state index in [0.29, 0.717) is 0 Å². The third-order valence-corrected chi connectivity index (χ3v) is 4.12. The summed E-state index contributed by atoms with van der Waals surface area (Å²) in [6, 6.07) is 5.98. The van der Waals surface area contributed by atoms with Crippen molar-refractivity contribution in [3.63, 3.8) is 0 Å². The number of nitrogens with zero attached hydrogens (tertiary/aromatic N) is 3. The standard InChI is InChI=1S/C11H13N3S/c1-2-6-14-11(5-1)12-10(13-14)8-9-4-3-7-15-9/h1-2,5-6,9H,3-4,7-8H2. The van der Waals surface area contributed by atoms with Gasteiger partial charge in [-0.15, -0.1) is 0 Å². The van der Waals surface area contributed by atoms with Crippen molar-refractivity contribution < 1.29 is 0 Å². The van der Waals surface area contributed by atoms with Crippen molar-refractivity contribution in [3.05, 3.63) is 30.2 Å². The second-order valence-corrected chi connectivity index (χ2v) is 5.28. The molecule has 1 unspecified atom stereocenters. The molecule has 15 heavy (non-hydrogen) atoms. The highest BCUT2D eigenvalue weighted by Gasteiger charge is 2.18. The Morgan fingerprint density at radius 3 is 3.27 bits per heavy atom. The van der Waals surface area contributed by atoms with E-state index in [-0.39, 0.29) is 0 Å². The van der Waals surface area contributed by atoms with E-state index in [0.717, 1.165) is 23.1 Å². The van der Waals surface area contributed by atoms with E-state index in [9.17, 15) is 0 Å². The summed E-state index contributed by atoms with van der Waals surface area (Å²) in [6.07, 6.45) is 5.64. The Morgan fingerprint density at radius 2 is 2.47 bits per heavy atom. The van der Waals surface area contributed by atoms with E-state index >= 15 is 0 Å². The summed E-state index contributed by atoms with van der Waals surface area (Å²) < 4.78 is 1.86. The molecule has 1 atom stereocenters. The van der Waals surface area contributed by atoms with Gasteiger partial charge in [-0.25, -0.2) is 9.50 Å². The maximum atomic E-state index is 4.51. The molecule has 0 bridgehead atoms. The van der Waals surface area contributed by atoms with Crippen LogP contribution in [0.5, 0.6) is 0 Å². The van der Waals surface area contributed by atoms with Gasteiger partial charge in [-0.3, -0.25) is 0 Å². The van der Waals surface area contributed by atoms with Gasteiger partial charge in [-0.1, -0.05) is 6.07 Å². The fourth-order valence-corrected chi connectivity index (χ4v) is 3.24. The van der Waals surface area contributed by atoms with Gasteiger partial charge in [0.15, 0.2) is 11.5 Å². The van der Waals surface area contributed by atoms with E-state index in [1.165, 1.54) is 18.6 Å². The first kappa shape index (κ1) is 9.21. The first-order valence-electron chi connectivity index (χ1n) is 5.34. The average molecular weight is 219 g/mol. The van der Waals surface area contributed by atoms with Gasteiger partial charge in [0.05, 0.1) is 0 Å². The van der Waals surface area contributed by atoms with Crippen LogP contribution in [0.15, 0.2) is 24.4 Å². The van der Waals surface area contributed by atoms with Crippen LogP contribution in [0.2, 0.25) is 0 Å². The molecule has 0 saturated carbocycles. The number of hydrogen-bond donors (Lipinski definition) is 0. The molecule has 0 aromatic carbocycles. The number of pyridine rings is 1. The van der Waals surface area contributed by atoms with Crippen molar-refractivity contribution in [1.29, 1.82) is 0 Å². The third-order valence-electron chi connectivity index (χ3n) is 2.72. The van der Waals surface area contributed by atoms with Crippen LogP contribution < -0.4 is 0 Å². The number of aromatic nitrogens is 3. The lowest BCUT2D eigenvalue weighted by molar-refractivity contribution is 0.742. The fraction of sp³-hybridized carbons (Fsp3) is 0.455. The molecule has 1 saturated heterocycles. The summed E-state index contributed by atoms with van der Waals surface area (Å²) in [7, 11) is 0. The molecule has 4 heteroatoms. The summed E-state index contributed by atoms with van der Waals surface area (Å²) in [5.41, 5.74) is 0.954. The molecular weight excluding hydrogens is 206 g/mol. The maximum Gasteiger partial charge on any atom is 0.155 e. The highest BCUT2D eigenvalue weighted by atomic mass is 32.2. The Bertz CT molecular complexity index is 427. The van der Waals surface area contributed by atoms with Gasteiger partial charge < -0.3 is 0 Å². The van der Waals surface area contributed by atoms with Crippen molar-refractivity contribution in [1.82, 2.24) is 14.6 Å². The van der Waals surface area contributed by atoms with Gasteiger partial charge in [-0.2, -0.15) is 16.9 Å². The van der Waals surface area contributed by atoms with Crippen LogP contribution in [0.1, 0.15) is 18.7 Å². The zero-order chi connectivity index (χ0) is 10.1. The molecule has 0 amide bonds. The first-order chi connectivity index (χ1) is 7.42. The molecule has 3 rings (SSSR count). The molecule has 3 heterocycles.